The van der Waals surface area contributed by atoms with Crippen molar-refractivity contribution in [3.63, 3.8) is 0 Å². The number of hydrogen-bond donors (Lipinski definition) is 0. The lowest BCUT2D eigenvalue weighted by Crippen LogP contribution is -2.22. The summed E-state index contributed by atoms with van der Waals surface area (Å²) in [5.74, 6) is -1.94. The van der Waals surface area contributed by atoms with Gasteiger partial charge in [0.15, 0.2) is 0 Å². The molecule has 0 saturated carbocycles. The number of ether oxygens (including phenoxy) is 1. The number of alkyl halides is 3. The van der Waals surface area contributed by atoms with Crippen molar-refractivity contribution in [1.82, 2.24) is 0 Å². The Hall–Kier alpha value is -0.520. The molecule has 0 aromatic carbocycles. The molecule has 76 valence electrons. The third-order valence-electron chi connectivity index (χ3n) is 0.983. The first-order valence-corrected chi connectivity index (χ1v) is 4.27. The van der Waals surface area contributed by atoms with Gasteiger partial charge in [0, 0.05) is 0 Å². The Morgan fingerprint density at radius 3 is 2.46 bits per heavy atom. The van der Waals surface area contributed by atoms with Crippen LogP contribution in [0.5, 0.6) is 0 Å². The van der Waals surface area contributed by atoms with Crippen LogP contribution in [0, 0.1) is 0 Å². The summed E-state index contributed by atoms with van der Waals surface area (Å²) in [5, 5.41) is 0. The zero-order valence-electron chi connectivity index (χ0n) is 6.82. The van der Waals surface area contributed by atoms with Gasteiger partial charge in [-0.15, -0.1) is 0 Å². The minimum absolute atomic E-state index is 0.278. The molecule has 0 aliphatic carbocycles. The Kier molecular flexibility index (Phi) is 5.05. The normalized spacial score (nSPS) is 12.8. The Morgan fingerprint density at radius 1 is 1.54 bits per heavy atom. The van der Waals surface area contributed by atoms with Crippen LogP contribution in [0.15, 0.2) is 10.7 Å². The number of halogens is 4. The van der Waals surface area contributed by atoms with Crippen molar-refractivity contribution in [2.45, 2.75) is 19.5 Å². The van der Waals surface area contributed by atoms with Gasteiger partial charge >= 0.3 is 6.18 Å². The van der Waals surface area contributed by atoms with Crippen LogP contribution in [0.2, 0.25) is 0 Å². The predicted octanol–water partition coefficient (Wildman–Crippen LogP) is 2.78. The van der Waals surface area contributed by atoms with Crippen molar-refractivity contribution in [2.75, 3.05) is 6.61 Å². The summed E-state index contributed by atoms with van der Waals surface area (Å²) in [7, 11) is 0. The molecule has 0 heterocycles. The molecule has 0 bridgehead atoms. The maximum atomic E-state index is 11.7. The molecule has 0 aromatic heterocycles. The highest BCUT2D eigenvalue weighted by Gasteiger charge is 2.40. The van der Waals surface area contributed by atoms with E-state index in [2.05, 4.69) is 20.7 Å². The average Bonchev–Trinajstić information content (AvgIpc) is 2.01. The highest BCUT2D eigenvalue weighted by Crippen LogP contribution is 2.23. The second-order valence-electron chi connectivity index (χ2n) is 2.16. The second-order valence-corrected chi connectivity index (χ2v) is 3.02. The number of carbonyl (C=O) groups excluding carboxylic acids is 1. The van der Waals surface area contributed by atoms with Gasteiger partial charge < -0.3 is 4.74 Å². The minimum Gasteiger partial charge on any atom is -0.500 e. The third kappa shape index (κ3) is 4.92. The molecule has 0 unspecified atom stereocenters. The van der Waals surface area contributed by atoms with Gasteiger partial charge in [0.25, 0.3) is 5.78 Å². The van der Waals surface area contributed by atoms with Crippen molar-refractivity contribution in [1.29, 1.82) is 0 Å². The maximum absolute atomic E-state index is 11.7. The third-order valence-corrected chi connectivity index (χ3v) is 1.53. The van der Waals surface area contributed by atoms with Gasteiger partial charge in [-0.25, -0.2) is 0 Å². The van der Waals surface area contributed by atoms with E-state index in [-0.39, 0.29) is 6.61 Å². The molecule has 2 nitrogen and oxygen atoms in total. The highest BCUT2D eigenvalue weighted by atomic mass is 79.9. The maximum Gasteiger partial charge on any atom is 0.455 e. The van der Waals surface area contributed by atoms with Crippen molar-refractivity contribution in [3.05, 3.63) is 10.7 Å². The van der Waals surface area contributed by atoms with Crippen molar-refractivity contribution in [3.8, 4) is 0 Å². The summed E-state index contributed by atoms with van der Waals surface area (Å²) < 4.78 is 39.2. The lowest BCUT2D eigenvalue weighted by Gasteiger charge is -2.03. The van der Waals surface area contributed by atoms with Crippen LogP contribution in [0.25, 0.3) is 0 Å². The smallest absolute Gasteiger partial charge is 0.455 e. The molecule has 0 aliphatic rings. The molecule has 0 radical (unpaired) electrons. The van der Waals surface area contributed by atoms with Crippen LogP contribution in [0.3, 0.4) is 0 Å². The minimum atomic E-state index is -4.86. The molecular formula is C7H8BrF3O2. The Labute approximate surface area is 81.9 Å². The number of hydrogen-bond acceptors (Lipinski definition) is 2. The molecule has 0 spiro atoms. The lowest BCUT2D eigenvalue weighted by molar-refractivity contribution is -0.165. The van der Waals surface area contributed by atoms with Crippen LogP contribution in [0.4, 0.5) is 13.2 Å². The lowest BCUT2D eigenvalue weighted by atomic mass is 10.4. The summed E-state index contributed by atoms with van der Waals surface area (Å²) in [6.45, 7) is 2.08. The highest BCUT2D eigenvalue weighted by molar-refractivity contribution is 9.12. The number of rotatable bonds is 4. The fourth-order valence-electron chi connectivity index (χ4n) is 0.439. The number of Topliss-reactive ketones (excluding diaryl/α,β-unsaturated/α-hetero) is 1. The molecule has 0 saturated heterocycles. The van der Waals surface area contributed by atoms with E-state index >= 15 is 0 Å². The second kappa shape index (κ2) is 5.26. The molecule has 13 heavy (non-hydrogen) atoms. The topological polar surface area (TPSA) is 26.3 Å². The van der Waals surface area contributed by atoms with Gasteiger partial charge in [0.1, 0.15) is 10.7 Å². The quantitative estimate of drug-likeness (QED) is 0.442. The average molecular weight is 261 g/mol. The first kappa shape index (κ1) is 12.5. The summed E-state index contributed by atoms with van der Waals surface area (Å²) in [5.41, 5.74) is 0. The zero-order valence-corrected chi connectivity index (χ0v) is 8.41. The van der Waals surface area contributed by atoms with Crippen molar-refractivity contribution >= 4 is 21.7 Å². The fourth-order valence-corrected chi connectivity index (χ4v) is 0.796. The van der Waals surface area contributed by atoms with Crippen LogP contribution >= 0.6 is 15.9 Å². The van der Waals surface area contributed by atoms with E-state index < -0.39 is 16.4 Å². The van der Waals surface area contributed by atoms with E-state index in [1.54, 1.807) is 6.92 Å². The molecule has 0 rings (SSSR count). The Balaban J connectivity index is 4.18. The van der Waals surface area contributed by atoms with Crippen LogP contribution < -0.4 is 0 Å². The number of ketones is 1. The number of allylic oxidation sites excluding steroid dienone is 1. The zero-order chi connectivity index (χ0) is 10.5. The first-order valence-electron chi connectivity index (χ1n) is 3.48. The van der Waals surface area contributed by atoms with E-state index in [1.165, 1.54) is 0 Å². The van der Waals surface area contributed by atoms with Gasteiger partial charge in [-0.3, -0.25) is 4.79 Å². The van der Waals surface area contributed by atoms with Gasteiger partial charge in [0.2, 0.25) is 0 Å². The van der Waals surface area contributed by atoms with Gasteiger partial charge in [-0.2, -0.15) is 13.2 Å². The Bertz CT molecular complexity index is 210. The van der Waals surface area contributed by atoms with Gasteiger partial charge in [-0.1, -0.05) is 6.92 Å². The SMILES string of the molecule is CCCO/C=C(\Br)C(=O)C(F)(F)F. The van der Waals surface area contributed by atoms with Crippen LogP contribution in [-0.4, -0.2) is 18.6 Å². The Morgan fingerprint density at radius 2 is 2.08 bits per heavy atom. The molecule has 0 amide bonds. The summed E-state index contributed by atoms with van der Waals surface area (Å²) in [6, 6.07) is 0. The molecule has 0 N–H and O–H groups in total. The molecule has 0 atom stereocenters. The van der Waals surface area contributed by atoms with E-state index in [0.29, 0.717) is 6.42 Å². The van der Waals surface area contributed by atoms with E-state index in [0.717, 1.165) is 6.26 Å². The standard InChI is InChI=1S/C7H8BrF3O2/c1-2-3-13-4-5(8)6(12)7(9,10)11/h4H,2-3H2,1H3/b5-4-. The van der Waals surface area contributed by atoms with Crippen molar-refractivity contribution < 1.29 is 22.7 Å². The van der Waals surface area contributed by atoms with Crippen molar-refractivity contribution in [2.24, 2.45) is 0 Å². The predicted molar refractivity (Wildman–Crippen MR) is 44.3 cm³/mol. The van der Waals surface area contributed by atoms with Gasteiger partial charge in [0.05, 0.1) is 6.61 Å². The van der Waals surface area contributed by atoms with Gasteiger partial charge in [-0.05, 0) is 22.4 Å². The van der Waals surface area contributed by atoms with E-state index in [4.69, 9.17) is 0 Å². The van der Waals surface area contributed by atoms with E-state index in [1.807, 2.05) is 0 Å². The molecule has 0 aliphatic heterocycles. The molecule has 0 fully saturated rings. The summed E-state index contributed by atoms with van der Waals surface area (Å²) in [4.78, 5) is 10.4. The largest absolute Gasteiger partial charge is 0.500 e. The fraction of sp³-hybridized carbons (Fsp3) is 0.571. The summed E-state index contributed by atoms with van der Waals surface area (Å²) >= 11 is 2.48. The molecule has 0 aromatic rings. The van der Waals surface area contributed by atoms with Crippen LogP contribution in [0.1, 0.15) is 13.3 Å². The number of carbonyl (C=O) groups is 1. The van der Waals surface area contributed by atoms with E-state index in [9.17, 15) is 18.0 Å². The molecular weight excluding hydrogens is 253 g/mol. The van der Waals surface area contributed by atoms with Crippen LogP contribution in [-0.2, 0) is 9.53 Å². The first-order chi connectivity index (χ1) is 5.89. The summed E-state index contributed by atoms with van der Waals surface area (Å²) in [6.07, 6.45) is -3.43. The monoisotopic (exact) mass is 260 g/mol. The molecule has 6 heteroatoms.